The van der Waals surface area contributed by atoms with E-state index in [1.807, 2.05) is 12.1 Å². The maximum Gasteiger partial charge on any atom is 0.404 e. The van der Waals surface area contributed by atoms with Crippen molar-refractivity contribution in [3.8, 4) is 34.6 Å². The number of benzene rings is 2. The van der Waals surface area contributed by atoms with Gasteiger partial charge in [-0.1, -0.05) is 0 Å². The summed E-state index contributed by atoms with van der Waals surface area (Å²) in [6.07, 6.45) is 2.18. The van der Waals surface area contributed by atoms with Crippen molar-refractivity contribution in [2.24, 2.45) is 0 Å². The van der Waals surface area contributed by atoms with Gasteiger partial charge in [-0.25, -0.2) is 14.8 Å². The van der Waals surface area contributed by atoms with Crippen LogP contribution in [0.25, 0.3) is 11.3 Å². The van der Waals surface area contributed by atoms with E-state index in [-0.39, 0.29) is 32.5 Å². The number of hydrogen-bond donors (Lipinski definition) is 3. The van der Waals surface area contributed by atoms with Gasteiger partial charge < -0.3 is 39.4 Å². The lowest BCUT2D eigenvalue weighted by molar-refractivity contribution is 0.0254. The lowest BCUT2D eigenvalue weighted by atomic mass is 10.1. The number of rotatable bonds is 13. The van der Waals surface area contributed by atoms with Crippen molar-refractivity contribution in [1.82, 2.24) is 15.3 Å². The van der Waals surface area contributed by atoms with Crippen LogP contribution in [0.3, 0.4) is 0 Å². The second-order valence-corrected chi connectivity index (χ2v) is 8.70. The van der Waals surface area contributed by atoms with E-state index < -0.39 is 6.09 Å². The van der Waals surface area contributed by atoms with Crippen LogP contribution in [0.5, 0.6) is 17.2 Å². The molecule has 1 saturated heterocycles. The summed E-state index contributed by atoms with van der Waals surface area (Å²) < 4.78 is 28.0. The van der Waals surface area contributed by atoms with Gasteiger partial charge in [0.1, 0.15) is 24.5 Å². The van der Waals surface area contributed by atoms with Crippen LogP contribution in [0.2, 0.25) is 0 Å². The van der Waals surface area contributed by atoms with Crippen molar-refractivity contribution < 1.29 is 33.6 Å². The van der Waals surface area contributed by atoms with E-state index in [9.17, 15) is 10.1 Å². The van der Waals surface area contributed by atoms with Crippen molar-refractivity contribution in [1.29, 1.82) is 5.26 Å². The molecule has 210 valence electrons. The Kier molecular flexibility index (Phi) is 10.3. The molecular weight excluding hydrogens is 518 g/mol. The molecule has 4 rings (SSSR count). The molecule has 0 atom stereocenters. The highest BCUT2D eigenvalue weighted by Gasteiger charge is 2.18. The third kappa shape index (κ3) is 8.20. The van der Waals surface area contributed by atoms with E-state index in [0.29, 0.717) is 53.4 Å². The van der Waals surface area contributed by atoms with Crippen LogP contribution in [-0.2, 0) is 9.47 Å². The predicted octanol–water partition coefficient (Wildman–Crippen LogP) is 3.99. The molecule has 12 heteroatoms. The van der Waals surface area contributed by atoms with E-state index in [0.717, 1.165) is 18.4 Å². The summed E-state index contributed by atoms with van der Waals surface area (Å²) in [6, 6.07) is 14.8. The predicted molar refractivity (Wildman–Crippen MR) is 145 cm³/mol. The first-order valence-corrected chi connectivity index (χ1v) is 12.8. The van der Waals surface area contributed by atoms with Gasteiger partial charge in [0.15, 0.2) is 11.5 Å². The molecule has 3 N–H and O–H groups in total. The van der Waals surface area contributed by atoms with Crippen LogP contribution in [-0.4, -0.2) is 74.0 Å². The maximum absolute atomic E-state index is 10.5. The Labute approximate surface area is 231 Å². The van der Waals surface area contributed by atoms with Gasteiger partial charge in [-0.05, 0) is 36.4 Å². The number of hydrogen-bond acceptors (Lipinski definition) is 10. The molecule has 0 aliphatic carbocycles. The fraction of sp³-hybridized carbons (Fsp3) is 0.357. The molecule has 12 nitrogen and oxygen atoms in total. The Morgan fingerprint density at radius 1 is 1.10 bits per heavy atom. The van der Waals surface area contributed by atoms with E-state index >= 15 is 0 Å². The minimum atomic E-state index is -1.09. The number of aromatic nitrogens is 2. The zero-order valence-electron chi connectivity index (χ0n) is 22.1. The molecule has 2 aromatic carbocycles. The Morgan fingerprint density at radius 2 is 1.93 bits per heavy atom. The van der Waals surface area contributed by atoms with Crippen LogP contribution < -0.4 is 24.8 Å². The molecular formula is C28H31N5O7. The van der Waals surface area contributed by atoms with Gasteiger partial charge in [-0.15, -0.1) is 0 Å². The largest absolute Gasteiger partial charge is 0.493 e. The highest BCUT2D eigenvalue weighted by molar-refractivity contribution is 5.66. The third-order valence-electron chi connectivity index (χ3n) is 5.94. The molecule has 0 unspecified atom stereocenters. The van der Waals surface area contributed by atoms with Gasteiger partial charge in [-0.3, -0.25) is 0 Å². The number of nitriles is 1. The molecule has 0 spiro atoms. The fourth-order valence-electron chi connectivity index (χ4n) is 3.97. The second-order valence-electron chi connectivity index (χ2n) is 8.70. The van der Waals surface area contributed by atoms with Crippen LogP contribution >= 0.6 is 0 Å². The molecule has 3 aromatic rings. The highest BCUT2D eigenvalue weighted by atomic mass is 16.5. The lowest BCUT2D eigenvalue weighted by Gasteiger charge is -2.23. The summed E-state index contributed by atoms with van der Waals surface area (Å²) in [5.41, 5.74) is 2.53. The average molecular weight is 550 g/mol. The molecule has 0 bridgehead atoms. The summed E-state index contributed by atoms with van der Waals surface area (Å²) in [5.74, 6) is 1.96. The van der Waals surface area contributed by atoms with Gasteiger partial charge in [0.05, 0.1) is 44.8 Å². The number of nitrogens with one attached hydrogen (secondary N) is 2. The maximum atomic E-state index is 10.5. The molecule has 0 radical (unpaired) electrons. The first-order chi connectivity index (χ1) is 19.6. The minimum Gasteiger partial charge on any atom is -0.493 e. The number of amides is 1. The zero-order valence-corrected chi connectivity index (χ0v) is 22.1. The third-order valence-corrected chi connectivity index (χ3v) is 5.94. The summed E-state index contributed by atoms with van der Waals surface area (Å²) in [5, 5.41) is 23.7. The van der Waals surface area contributed by atoms with E-state index in [1.54, 1.807) is 43.6 Å². The molecule has 0 saturated carbocycles. The number of carboxylic acid groups (broad SMARTS) is 1. The smallest absolute Gasteiger partial charge is 0.404 e. The van der Waals surface area contributed by atoms with Gasteiger partial charge in [0.2, 0.25) is 5.95 Å². The van der Waals surface area contributed by atoms with Crippen LogP contribution in [0.1, 0.15) is 18.4 Å². The monoisotopic (exact) mass is 549 g/mol. The van der Waals surface area contributed by atoms with Crippen LogP contribution in [0, 0.1) is 11.3 Å². The summed E-state index contributed by atoms with van der Waals surface area (Å²) in [6.45, 7) is 2.27. The number of methoxy groups -OCH3 is 1. The van der Waals surface area contributed by atoms with Crippen molar-refractivity contribution in [2.45, 2.75) is 18.9 Å². The summed E-state index contributed by atoms with van der Waals surface area (Å²) in [7, 11) is 1.55. The molecule has 1 aromatic heterocycles. The molecule has 40 heavy (non-hydrogen) atoms. The quantitative estimate of drug-likeness (QED) is 0.265. The molecule has 1 fully saturated rings. The van der Waals surface area contributed by atoms with Crippen molar-refractivity contribution in [3.63, 3.8) is 0 Å². The van der Waals surface area contributed by atoms with Gasteiger partial charge in [0.25, 0.3) is 0 Å². The Balaban J connectivity index is 1.40. The molecule has 1 amide bonds. The van der Waals surface area contributed by atoms with Crippen molar-refractivity contribution in [3.05, 3.63) is 54.2 Å². The fourth-order valence-corrected chi connectivity index (χ4v) is 3.97. The summed E-state index contributed by atoms with van der Waals surface area (Å²) >= 11 is 0. The lowest BCUT2D eigenvalue weighted by Crippen LogP contribution is -2.26. The topological polar surface area (TPSA) is 157 Å². The van der Waals surface area contributed by atoms with E-state index in [2.05, 4.69) is 26.7 Å². The first kappa shape index (κ1) is 28.4. The number of nitrogens with zero attached hydrogens (tertiary/aromatic N) is 3. The van der Waals surface area contributed by atoms with Gasteiger partial charge in [0, 0.05) is 42.9 Å². The number of carbonyl (C=O) groups is 1. The molecule has 1 aliphatic heterocycles. The zero-order chi connectivity index (χ0) is 28.2. The van der Waals surface area contributed by atoms with Crippen molar-refractivity contribution >= 4 is 17.7 Å². The SMILES string of the molecule is COc1ccc(Nc2nccc(-c3ccc(OC4CCOCC4)c(C#N)c3)n2)cc1OCCOCCNC(=O)O. The Hall–Kier alpha value is -4.60. The van der Waals surface area contributed by atoms with Crippen LogP contribution in [0.4, 0.5) is 16.4 Å². The Bertz CT molecular complexity index is 1320. The van der Waals surface area contributed by atoms with Gasteiger partial charge >= 0.3 is 6.09 Å². The van der Waals surface area contributed by atoms with E-state index in [4.69, 9.17) is 28.8 Å². The standard InChI is InChI=1S/C28H31N5O7/c1-36-25-5-3-21(17-26(25)39-15-14-38-13-10-31-28(34)35)32-27-30-9-6-23(33-27)19-2-4-24(20(16-19)18-29)40-22-7-11-37-12-8-22/h2-6,9,16-17,22,31H,7-8,10-15H2,1H3,(H,34,35)(H,30,32,33). The average Bonchev–Trinajstić information content (AvgIpc) is 2.97. The highest BCUT2D eigenvalue weighted by Crippen LogP contribution is 2.32. The second kappa shape index (κ2) is 14.5. The molecule has 2 heterocycles. The summed E-state index contributed by atoms with van der Waals surface area (Å²) in [4.78, 5) is 19.4. The van der Waals surface area contributed by atoms with Gasteiger partial charge in [-0.2, -0.15) is 5.26 Å². The van der Waals surface area contributed by atoms with Crippen molar-refractivity contribution in [2.75, 3.05) is 52.0 Å². The molecule has 1 aliphatic rings. The number of ether oxygens (including phenoxy) is 5. The minimum absolute atomic E-state index is 0.0357. The normalized spacial score (nSPS) is 13.2. The Morgan fingerprint density at radius 3 is 2.70 bits per heavy atom. The van der Waals surface area contributed by atoms with E-state index in [1.165, 1.54) is 0 Å². The number of anilines is 2. The van der Waals surface area contributed by atoms with Crippen LogP contribution in [0.15, 0.2) is 48.7 Å². The first-order valence-electron chi connectivity index (χ1n) is 12.8.